The molecule has 0 aromatic heterocycles. The number of methoxy groups -OCH3 is 2. The molecule has 1 saturated heterocycles. The highest BCUT2D eigenvalue weighted by atomic mass is 16.5. The lowest BCUT2D eigenvalue weighted by Gasteiger charge is -2.28. The van der Waals surface area contributed by atoms with Crippen LogP contribution in [0.5, 0.6) is 11.5 Å². The van der Waals surface area contributed by atoms with Gasteiger partial charge in [0.15, 0.2) is 0 Å². The normalized spacial score (nSPS) is 16.3. The Labute approximate surface area is 142 Å². The molecule has 1 aliphatic heterocycles. The van der Waals surface area contributed by atoms with Crippen molar-refractivity contribution in [2.45, 2.75) is 25.4 Å². The number of nitrogens with zero attached hydrogens (tertiary/aromatic N) is 1. The second kappa shape index (κ2) is 9.34. The van der Waals surface area contributed by atoms with E-state index in [0.29, 0.717) is 23.7 Å². The first-order chi connectivity index (χ1) is 11.6. The van der Waals surface area contributed by atoms with Crippen LogP contribution < -0.4 is 20.1 Å². The molecular weight excluding hydrogens is 310 g/mol. The maximum Gasteiger partial charge on any atom is 0.319 e. The van der Waals surface area contributed by atoms with Gasteiger partial charge in [-0.15, -0.1) is 0 Å². The lowest BCUT2D eigenvalue weighted by atomic mass is 10.1. The van der Waals surface area contributed by atoms with Gasteiger partial charge in [0.1, 0.15) is 11.5 Å². The minimum Gasteiger partial charge on any atom is -0.497 e. The SMILES string of the molecule is COc1cc(NC(=O)NC[C@H](O)CN2CCCCC2)cc(OC)c1. The van der Waals surface area contributed by atoms with Crippen LogP contribution in [0.2, 0.25) is 0 Å². The number of rotatable bonds is 7. The molecule has 7 heteroatoms. The largest absolute Gasteiger partial charge is 0.497 e. The molecule has 0 bridgehead atoms. The molecule has 0 radical (unpaired) electrons. The van der Waals surface area contributed by atoms with E-state index in [1.165, 1.54) is 19.3 Å². The number of hydrogen-bond acceptors (Lipinski definition) is 5. The molecule has 1 heterocycles. The molecule has 1 fully saturated rings. The third-order valence-electron chi connectivity index (χ3n) is 4.03. The molecule has 1 aromatic carbocycles. The zero-order valence-electron chi connectivity index (χ0n) is 14.4. The van der Waals surface area contributed by atoms with E-state index in [9.17, 15) is 9.90 Å². The van der Waals surface area contributed by atoms with Gasteiger partial charge < -0.3 is 30.1 Å². The second-order valence-corrected chi connectivity index (χ2v) is 5.95. The highest BCUT2D eigenvalue weighted by Gasteiger charge is 2.15. The number of aliphatic hydroxyl groups is 1. The van der Waals surface area contributed by atoms with Crippen molar-refractivity contribution in [3.05, 3.63) is 18.2 Å². The lowest BCUT2D eigenvalue weighted by Crippen LogP contribution is -2.42. The molecule has 0 unspecified atom stereocenters. The van der Waals surface area contributed by atoms with E-state index in [2.05, 4.69) is 15.5 Å². The predicted octanol–water partition coefficient (Wildman–Crippen LogP) is 1.67. The Morgan fingerprint density at radius 1 is 1.17 bits per heavy atom. The number of anilines is 1. The Hall–Kier alpha value is -1.99. The van der Waals surface area contributed by atoms with Gasteiger partial charge in [0.25, 0.3) is 0 Å². The number of β-amino-alcohol motifs (C(OH)–C–C–N with tert-alkyl or cyclic N) is 1. The first kappa shape index (κ1) is 18.4. The fraction of sp³-hybridized carbons (Fsp3) is 0.588. The third kappa shape index (κ3) is 5.90. The smallest absolute Gasteiger partial charge is 0.319 e. The molecule has 7 nitrogen and oxygen atoms in total. The van der Waals surface area contributed by atoms with Crippen LogP contribution in [-0.2, 0) is 0 Å². The Morgan fingerprint density at radius 3 is 2.38 bits per heavy atom. The number of likely N-dealkylation sites (tertiary alicyclic amines) is 1. The summed E-state index contributed by atoms with van der Waals surface area (Å²) in [6.45, 7) is 2.84. The Kier molecular flexibility index (Phi) is 7.14. The molecule has 24 heavy (non-hydrogen) atoms. The first-order valence-corrected chi connectivity index (χ1v) is 8.29. The number of urea groups is 1. The Morgan fingerprint density at radius 2 is 1.79 bits per heavy atom. The van der Waals surface area contributed by atoms with Crippen molar-refractivity contribution >= 4 is 11.7 Å². The number of piperidine rings is 1. The molecule has 0 spiro atoms. The van der Waals surface area contributed by atoms with Crippen molar-refractivity contribution in [2.75, 3.05) is 45.7 Å². The van der Waals surface area contributed by atoms with Crippen LogP contribution >= 0.6 is 0 Å². The molecule has 2 rings (SSSR count). The molecule has 1 aliphatic rings. The quantitative estimate of drug-likeness (QED) is 0.705. The van der Waals surface area contributed by atoms with E-state index in [1.54, 1.807) is 32.4 Å². The molecule has 1 aromatic rings. The molecule has 0 saturated carbocycles. The van der Waals surface area contributed by atoms with Gasteiger partial charge in [0.05, 0.1) is 20.3 Å². The number of aliphatic hydroxyl groups excluding tert-OH is 1. The summed E-state index contributed by atoms with van der Waals surface area (Å²) in [5.74, 6) is 1.18. The monoisotopic (exact) mass is 337 g/mol. The van der Waals surface area contributed by atoms with Gasteiger partial charge in [0, 0.05) is 37.0 Å². The number of hydrogen-bond donors (Lipinski definition) is 3. The van der Waals surface area contributed by atoms with Crippen LogP contribution in [0.3, 0.4) is 0 Å². The summed E-state index contributed by atoms with van der Waals surface area (Å²) < 4.78 is 10.3. The average Bonchev–Trinajstić information content (AvgIpc) is 2.60. The topological polar surface area (TPSA) is 83.1 Å². The van der Waals surface area contributed by atoms with Crippen molar-refractivity contribution in [3.63, 3.8) is 0 Å². The van der Waals surface area contributed by atoms with Gasteiger partial charge in [-0.3, -0.25) is 0 Å². The van der Waals surface area contributed by atoms with Gasteiger partial charge in [0.2, 0.25) is 0 Å². The molecule has 2 amide bonds. The van der Waals surface area contributed by atoms with Gasteiger partial charge in [-0.2, -0.15) is 0 Å². The maximum atomic E-state index is 12.0. The molecular formula is C17H27N3O4. The van der Waals surface area contributed by atoms with Crippen molar-refractivity contribution in [2.24, 2.45) is 0 Å². The van der Waals surface area contributed by atoms with Crippen molar-refractivity contribution < 1.29 is 19.4 Å². The number of nitrogens with one attached hydrogen (secondary N) is 2. The number of amides is 2. The van der Waals surface area contributed by atoms with E-state index in [-0.39, 0.29) is 12.6 Å². The summed E-state index contributed by atoms with van der Waals surface area (Å²) in [4.78, 5) is 14.2. The molecule has 134 valence electrons. The molecule has 0 aliphatic carbocycles. The summed E-state index contributed by atoms with van der Waals surface area (Å²) in [6.07, 6.45) is 3.04. The van der Waals surface area contributed by atoms with E-state index >= 15 is 0 Å². The minimum absolute atomic E-state index is 0.212. The van der Waals surface area contributed by atoms with Crippen LogP contribution in [-0.4, -0.2) is 62.5 Å². The van der Waals surface area contributed by atoms with Crippen LogP contribution in [0.25, 0.3) is 0 Å². The number of ether oxygens (including phenoxy) is 2. The summed E-state index contributed by atoms with van der Waals surface area (Å²) >= 11 is 0. The van der Waals surface area contributed by atoms with Gasteiger partial charge in [-0.1, -0.05) is 6.42 Å². The summed E-state index contributed by atoms with van der Waals surface area (Å²) in [6, 6.07) is 4.76. The number of benzene rings is 1. The summed E-state index contributed by atoms with van der Waals surface area (Å²) in [5.41, 5.74) is 0.564. The minimum atomic E-state index is -0.575. The highest BCUT2D eigenvalue weighted by Crippen LogP contribution is 2.25. The zero-order chi connectivity index (χ0) is 17.4. The Bertz CT molecular complexity index is 510. The maximum absolute atomic E-state index is 12.0. The van der Waals surface area contributed by atoms with Crippen molar-refractivity contribution in [1.82, 2.24) is 10.2 Å². The lowest BCUT2D eigenvalue weighted by molar-refractivity contribution is 0.102. The average molecular weight is 337 g/mol. The number of carbonyl (C=O) groups is 1. The van der Waals surface area contributed by atoms with Crippen LogP contribution in [0.15, 0.2) is 18.2 Å². The highest BCUT2D eigenvalue weighted by molar-refractivity contribution is 5.89. The number of carbonyl (C=O) groups excluding carboxylic acids is 1. The first-order valence-electron chi connectivity index (χ1n) is 8.29. The summed E-state index contributed by atoms with van der Waals surface area (Å²) in [7, 11) is 3.10. The van der Waals surface area contributed by atoms with E-state index in [1.807, 2.05) is 0 Å². The van der Waals surface area contributed by atoms with Crippen molar-refractivity contribution in [1.29, 1.82) is 0 Å². The summed E-state index contributed by atoms with van der Waals surface area (Å²) in [5, 5.41) is 15.5. The van der Waals surface area contributed by atoms with Crippen molar-refractivity contribution in [3.8, 4) is 11.5 Å². The van der Waals surface area contributed by atoms with Gasteiger partial charge in [-0.25, -0.2) is 4.79 Å². The molecule has 3 N–H and O–H groups in total. The van der Waals surface area contributed by atoms with E-state index in [4.69, 9.17) is 9.47 Å². The predicted molar refractivity (Wildman–Crippen MR) is 92.9 cm³/mol. The van der Waals surface area contributed by atoms with Crippen LogP contribution in [0, 0.1) is 0 Å². The zero-order valence-corrected chi connectivity index (χ0v) is 14.4. The standard InChI is InChI=1S/C17H27N3O4/c1-23-15-8-13(9-16(10-15)24-2)19-17(22)18-11-14(21)12-20-6-4-3-5-7-20/h8-10,14,21H,3-7,11-12H2,1-2H3,(H2,18,19,22)/t14-/m0/s1. The van der Waals surface area contributed by atoms with E-state index < -0.39 is 6.10 Å². The van der Waals surface area contributed by atoms with Gasteiger partial charge in [-0.05, 0) is 25.9 Å². The van der Waals surface area contributed by atoms with Crippen LogP contribution in [0.4, 0.5) is 10.5 Å². The molecule has 1 atom stereocenters. The van der Waals surface area contributed by atoms with Gasteiger partial charge >= 0.3 is 6.03 Å². The third-order valence-corrected chi connectivity index (χ3v) is 4.03. The van der Waals surface area contributed by atoms with E-state index in [0.717, 1.165) is 13.1 Å². The Balaban J connectivity index is 1.78. The van der Waals surface area contributed by atoms with Crippen LogP contribution in [0.1, 0.15) is 19.3 Å². The second-order valence-electron chi connectivity index (χ2n) is 5.95. The fourth-order valence-corrected chi connectivity index (χ4v) is 2.77. The fourth-order valence-electron chi connectivity index (χ4n) is 2.77.